The number of carbonyl (C=O) groups is 1. The van der Waals surface area contributed by atoms with E-state index in [1.54, 1.807) is 34.8 Å². The van der Waals surface area contributed by atoms with Crippen molar-refractivity contribution in [2.75, 3.05) is 19.8 Å². The van der Waals surface area contributed by atoms with Gasteiger partial charge in [-0.2, -0.15) is 5.10 Å². The standard InChI is InChI=1S/C23H21ClF3N3O2/c1-13-21-18(22(29(2)28-21)14-10-15(26)12-16(27)11-14)6-8-30(13)23(31)17-4-3-5-19(20(17)24)32-9-7-25/h3-5,10-13H,6-9H2,1-2H3/t13-/m0/s1. The number of nitrogens with zero attached hydrogens (tertiary/aromatic N) is 3. The van der Waals surface area contributed by atoms with Crippen LogP contribution in [0.3, 0.4) is 0 Å². The zero-order valence-electron chi connectivity index (χ0n) is 17.5. The number of carbonyl (C=O) groups excluding carboxylic acids is 1. The second-order valence-corrected chi connectivity index (χ2v) is 7.95. The lowest BCUT2D eigenvalue weighted by molar-refractivity contribution is 0.0673. The molecule has 0 spiro atoms. The molecule has 9 heteroatoms. The molecule has 0 bridgehead atoms. The van der Waals surface area contributed by atoms with Gasteiger partial charge in [0, 0.05) is 30.8 Å². The highest BCUT2D eigenvalue weighted by molar-refractivity contribution is 6.35. The lowest BCUT2D eigenvalue weighted by Gasteiger charge is -2.33. The van der Waals surface area contributed by atoms with Gasteiger partial charge in [-0.15, -0.1) is 0 Å². The molecule has 0 radical (unpaired) electrons. The smallest absolute Gasteiger partial charge is 0.256 e. The van der Waals surface area contributed by atoms with E-state index in [9.17, 15) is 18.0 Å². The van der Waals surface area contributed by atoms with Gasteiger partial charge in [0.15, 0.2) is 0 Å². The molecular weight excluding hydrogens is 443 g/mol. The molecule has 1 aromatic heterocycles. The molecule has 0 aliphatic carbocycles. The molecule has 0 N–H and O–H groups in total. The number of alkyl halides is 1. The second kappa shape index (κ2) is 8.86. The Morgan fingerprint density at radius 1 is 1.25 bits per heavy atom. The van der Waals surface area contributed by atoms with Crippen LogP contribution in [0.5, 0.6) is 5.75 Å². The van der Waals surface area contributed by atoms with Crippen molar-refractivity contribution in [1.82, 2.24) is 14.7 Å². The Morgan fingerprint density at radius 3 is 2.66 bits per heavy atom. The number of aromatic nitrogens is 2. The first kappa shape index (κ1) is 22.2. The van der Waals surface area contributed by atoms with Crippen molar-refractivity contribution in [1.29, 1.82) is 0 Å². The number of amides is 1. The van der Waals surface area contributed by atoms with Crippen molar-refractivity contribution in [3.8, 4) is 17.0 Å². The highest BCUT2D eigenvalue weighted by Gasteiger charge is 2.34. The topological polar surface area (TPSA) is 47.4 Å². The third-order valence-corrected chi connectivity index (χ3v) is 5.96. The predicted molar refractivity (Wildman–Crippen MR) is 115 cm³/mol. The molecule has 0 saturated carbocycles. The molecule has 1 amide bonds. The van der Waals surface area contributed by atoms with Crippen LogP contribution in [0.1, 0.15) is 34.6 Å². The van der Waals surface area contributed by atoms with Gasteiger partial charge in [-0.3, -0.25) is 9.48 Å². The molecular formula is C23H21ClF3N3O2. The highest BCUT2D eigenvalue weighted by atomic mass is 35.5. The number of hydrogen-bond acceptors (Lipinski definition) is 3. The van der Waals surface area contributed by atoms with Crippen LogP contribution in [-0.4, -0.2) is 40.4 Å². The van der Waals surface area contributed by atoms with Crippen LogP contribution >= 0.6 is 11.6 Å². The molecule has 32 heavy (non-hydrogen) atoms. The molecule has 1 atom stereocenters. The highest BCUT2D eigenvalue weighted by Crippen LogP contribution is 2.38. The largest absolute Gasteiger partial charge is 0.489 e. The van der Waals surface area contributed by atoms with Crippen LogP contribution < -0.4 is 4.74 Å². The zero-order chi connectivity index (χ0) is 23.0. The van der Waals surface area contributed by atoms with Gasteiger partial charge in [0.1, 0.15) is 30.7 Å². The number of halogens is 4. The third kappa shape index (κ3) is 3.95. The lowest BCUT2D eigenvalue weighted by Crippen LogP contribution is -2.39. The molecule has 0 unspecified atom stereocenters. The van der Waals surface area contributed by atoms with Gasteiger partial charge in [-0.25, -0.2) is 13.2 Å². The van der Waals surface area contributed by atoms with Gasteiger partial charge in [0.2, 0.25) is 0 Å². The van der Waals surface area contributed by atoms with E-state index in [0.717, 1.165) is 11.6 Å². The van der Waals surface area contributed by atoms with Gasteiger partial charge < -0.3 is 9.64 Å². The molecule has 1 aliphatic rings. The summed E-state index contributed by atoms with van der Waals surface area (Å²) >= 11 is 6.36. The van der Waals surface area contributed by atoms with E-state index in [-0.39, 0.29) is 28.8 Å². The van der Waals surface area contributed by atoms with Gasteiger partial charge in [0.05, 0.1) is 28.0 Å². The van der Waals surface area contributed by atoms with E-state index < -0.39 is 24.4 Å². The predicted octanol–water partition coefficient (Wildman–Crippen LogP) is 5.13. The number of benzene rings is 2. The Morgan fingerprint density at radius 2 is 1.97 bits per heavy atom. The maximum atomic E-state index is 13.8. The molecule has 3 aromatic rings. The minimum atomic E-state index is -0.669. The Labute approximate surface area is 188 Å². The molecule has 4 rings (SSSR count). The minimum Gasteiger partial charge on any atom is -0.489 e. The van der Waals surface area contributed by atoms with Crippen LogP contribution in [0, 0.1) is 11.6 Å². The number of fused-ring (bicyclic) bond motifs is 1. The van der Waals surface area contributed by atoms with Gasteiger partial charge in [-0.1, -0.05) is 17.7 Å². The van der Waals surface area contributed by atoms with E-state index in [2.05, 4.69) is 5.10 Å². The minimum absolute atomic E-state index is 0.126. The lowest BCUT2D eigenvalue weighted by atomic mass is 9.95. The molecule has 5 nitrogen and oxygen atoms in total. The van der Waals surface area contributed by atoms with Crippen LogP contribution in [0.2, 0.25) is 5.02 Å². The number of ether oxygens (including phenoxy) is 1. The summed E-state index contributed by atoms with van der Waals surface area (Å²) in [6, 6.07) is 7.77. The van der Waals surface area contributed by atoms with E-state index in [0.29, 0.717) is 29.9 Å². The van der Waals surface area contributed by atoms with Crippen LogP contribution in [0.15, 0.2) is 36.4 Å². The first-order chi connectivity index (χ1) is 15.3. The van der Waals surface area contributed by atoms with Crippen molar-refractivity contribution in [2.45, 2.75) is 19.4 Å². The summed E-state index contributed by atoms with van der Waals surface area (Å²) in [7, 11) is 1.71. The molecule has 1 aliphatic heterocycles. The normalized spacial score (nSPS) is 15.6. The van der Waals surface area contributed by atoms with Crippen molar-refractivity contribution in [3.05, 3.63) is 69.9 Å². The maximum Gasteiger partial charge on any atom is 0.256 e. The fraction of sp³-hybridized carbons (Fsp3) is 0.304. The van der Waals surface area contributed by atoms with Gasteiger partial charge in [-0.05, 0) is 37.6 Å². The Bertz CT molecular complexity index is 1160. The number of hydrogen-bond donors (Lipinski definition) is 0. The Kier molecular flexibility index (Phi) is 6.15. The van der Waals surface area contributed by atoms with Crippen LogP contribution in [-0.2, 0) is 13.5 Å². The van der Waals surface area contributed by atoms with E-state index >= 15 is 0 Å². The fourth-order valence-electron chi connectivity index (χ4n) is 4.16. The summed E-state index contributed by atoms with van der Waals surface area (Å²) in [6.07, 6.45) is 0.461. The monoisotopic (exact) mass is 463 g/mol. The average Bonchev–Trinajstić information content (AvgIpc) is 3.09. The molecule has 168 valence electrons. The van der Waals surface area contributed by atoms with Crippen LogP contribution in [0.25, 0.3) is 11.3 Å². The zero-order valence-corrected chi connectivity index (χ0v) is 18.3. The fourth-order valence-corrected chi connectivity index (χ4v) is 4.43. The van der Waals surface area contributed by atoms with Crippen molar-refractivity contribution < 1.29 is 22.7 Å². The first-order valence-electron chi connectivity index (χ1n) is 10.1. The van der Waals surface area contributed by atoms with E-state index in [1.807, 2.05) is 6.92 Å². The molecule has 2 heterocycles. The van der Waals surface area contributed by atoms with Crippen molar-refractivity contribution in [3.63, 3.8) is 0 Å². The van der Waals surface area contributed by atoms with Crippen LogP contribution in [0.4, 0.5) is 13.2 Å². The van der Waals surface area contributed by atoms with Crippen molar-refractivity contribution >= 4 is 17.5 Å². The van der Waals surface area contributed by atoms with E-state index in [1.165, 1.54) is 12.1 Å². The SMILES string of the molecule is C[C@H]1c2nn(C)c(-c3cc(F)cc(F)c3)c2CCN1C(=O)c1cccc(OCCF)c1Cl. The van der Waals surface area contributed by atoms with E-state index in [4.69, 9.17) is 16.3 Å². The van der Waals surface area contributed by atoms with Gasteiger partial charge in [0.25, 0.3) is 5.91 Å². The number of aryl methyl sites for hydroxylation is 1. The summed E-state index contributed by atoms with van der Waals surface area (Å²) in [5.41, 5.74) is 2.78. The summed E-state index contributed by atoms with van der Waals surface area (Å²) in [5.74, 6) is -1.39. The maximum absolute atomic E-state index is 13.8. The first-order valence-corrected chi connectivity index (χ1v) is 10.5. The summed E-state index contributed by atoms with van der Waals surface area (Å²) in [5, 5.41) is 4.68. The Hall–Kier alpha value is -3.00. The second-order valence-electron chi connectivity index (χ2n) is 7.57. The third-order valence-electron chi connectivity index (χ3n) is 5.57. The average molecular weight is 464 g/mol. The molecule has 2 aromatic carbocycles. The number of rotatable bonds is 5. The van der Waals surface area contributed by atoms with Gasteiger partial charge >= 0.3 is 0 Å². The molecule has 0 saturated heterocycles. The quantitative estimate of drug-likeness (QED) is 0.527. The van der Waals surface area contributed by atoms with Crippen molar-refractivity contribution in [2.24, 2.45) is 7.05 Å². The summed E-state index contributed by atoms with van der Waals surface area (Å²) in [4.78, 5) is 14.9. The summed E-state index contributed by atoms with van der Waals surface area (Å²) in [6.45, 7) is 1.39. The molecule has 0 fully saturated rings. The summed E-state index contributed by atoms with van der Waals surface area (Å²) < 4.78 is 46.9. The Balaban J connectivity index is 1.67.